The summed E-state index contributed by atoms with van der Waals surface area (Å²) in [4.78, 5) is 24.6. The maximum Gasteiger partial charge on any atom is 0.410 e. The topological polar surface area (TPSA) is 72.6 Å². The van der Waals surface area contributed by atoms with E-state index < -0.39 is 5.60 Å². The normalized spacial score (nSPS) is 15.6. The Hall–Kier alpha value is -3.00. The molecule has 5 heterocycles. The summed E-state index contributed by atoms with van der Waals surface area (Å²) in [5, 5.41) is 4.69. The second-order valence-corrected chi connectivity index (χ2v) is 10.5. The van der Waals surface area contributed by atoms with Gasteiger partial charge in [-0.25, -0.2) is 14.3 Å². The Bertz CT molecular complexity index is 1290. The Kier molecular flexibility index (Phi) is 5.12. The molecule has 8 heteroatoms. The molecule has 166 valence electrons. The lowest BCUT2D eigenvalue weighted by Gasteiger charge is -2.33. The zero-order valence-electron chi connectivity index (χ0n) is 18.8. The number of piperidine rings is 1. The van der Waals surface area contributed by atoms with Crippen LogP contribution in [0, 0.1) is 6.92 Å². The van der Waals surface area contributed by atoms with Gasteiger partial charge in [-0.2, -0.15) is 5.10 Å². The van der Waals surface area contributed by atoms with Crippen molar-refractivity contribution in [3.8, 4) is 11.3 Å². The molecule has 0 radical (unpaired) electrons. The number of amides is 1. The van der Waals surface area contributed by atoms with Crippen LogP contribution < -0.4 is 0 Å². The van der Waals surface area contributed by atoms with Crippen LogP contribution in [0.25, 0.3) is 27.1 Å². The number of thiophene rings is 1. The van der Waals surface area contributed by atoms with E-state index in [0.29, 0.717) is 5.92 Å². The zero-order chi connectivity index (χ0) is 22.5. The molecule has 1 fully saturated rings. The monoisotopic (exact) mass is 449 g/mol. The first-order valence-electron chi connectivity index (χ1n) is 11.0. The largest absolute Gasteiger partial charge is 0.444 e. The van der Waals surface area contributed by atoms with Crippen LogP contribution >= 0.6 is 11.3 Å². The van der Waals surface area contributed by atoms with Crippen molar-refractivity contribution in [1.82, 2.24) is 24.5 Å². The number of aryl methyl sites for hydroxylation is 1. The van der Waals surface area contributed by atoms with Gasteiger partial charge in [-0.1, -0.05) is 0 Å². The molecule has 0 atom stereocenters. The van der Waals surface area contributed by atoms with Crippen LogP contribution in [-0.2, 0) is 4.74 Å². The second kappa shape index (κ2) is 7.85. The minimum Gasteiger partial charge on any atom is -0.444 e. The lowest BCUT2D eigenvalue weighted by atomic mass is 9.95. The SMILES string of the molecule is Cc1cn2nc(-c3cnc4cc(C5CCN(C(=O)OC(C)(C)C)CC5)sc4c3)ccc2n1. The van der Waals surface area contributed by atoms with Gasteiger partial charge in [0.15, 0.2) is 5.65 Å². The minimum absolute atomic E-state index is 0.212. The van der Waals surface area contributed by atoms with E-state index >= 15 is 0 Å². The van der Waals surface area contributed by atoms with Crippen molar-refractivity contribution in [2.24, 2.45) is 0 Å². The molecule has 1 aliphatic rings. The molecule has 0 saturated carbocycles. The van der Waals surface area contributed by atoms with Crippen molar-refractivity contribution >= 4 is 33.3 Å². The summed E-state index contributed by atoms with van der Waals surface area (Å²) in [5.74, 6) is 0.444. The summed E-state index contributed by atoms with van der Waals surface area (Å²) in [6, 6.07) is 8.35. The Morgan fingerprint density at radius 2 is 1.97 bits per heavy atom. The van der Waals surface area contributed by atoms with Crippen molar-refractivity contribution in [1.29, 1.82) is 0 Å². The maximum absolute atomic E-state index is 12.3. The van der Waals surface area contributed by atoms with Crippen LogP contribution in [0.1, 0.15) is 50.1 Å². The molecule has 0 unspecified atom stereocenters. The van der Waals surface area contributed by atoms with Gasteiger partial charge < -0.3 is 9.64 Å². The van der Waals surface area contributed by atoms with E-state index in [1.807, 2.05) is 61.6 Å². The van der Waals surface area contributed by atoms with E-state index in [4.69, 9.17) is 9.72 Å². The Labute approximate surface area is 191 Å². The van der Waals surface area contributed by atoms with Gasteiger partial charge in [-0.05, 0) is 70.7 Å². The quantitative estimate of drug-likeness (QED) is 0.408. The summed E-state index contributed by atoms with van der Waals surface area (Å²) >= 11 is 1.80. The molecule has 0 bridgehead atoms. The van der Waals surface area contributed by atoms with E-state index in [9.17, 15) is 4.79 Å². The highest BCUT2D eigenvalue weighted by atomic mass is 32.1. The van der Waals surface area contributed by atoms with Crippen LogP contribution in [0.2, 0.25) is 0 Å². The number of likely N-dealkylation sites (tertiary alicyclic amines) is 1. The van der Waals surface area contributed by atoms with Gasteiger partial charge in [0, 0.05) is 29.7 Å². The highest BCUT2D eigenvalue weighted by molar-refractivity contribution is 7.19. The minimum atomic E-state index is -0.459. The van der Waals surface area contributed by atoms with Crippen molar-refractivity contribution in [3.05, 3.63) is 47.2 Å². The first-order valence-corrected chi connectivity index (χ1v) is 11.8. The molecule has 0 N–H and O–H groups in total. The number of carbonyl (C=O) groups excluding carboxylic acids is 1. The molecule has 0 aliphatic carbocycles. The molecule has 1 saturated heterocycles. The average Bonchev–Trinajstić information content (AvgIpc) is 3.33. The lowest BCUT2D eigenvalue weighted by Crippen LogP contribution is -2.41. The summed E-state index contributed by atoms with van der Waals surface area (Å²) in [7, 11) is 0. The Balaban J connectivity index is 1.32. The standard InChI is InChI=1S/C24H27N5O2S/c1-15-14-29-22(26-15)6-5-18(27-29)17-11-21-19(25-13-17)12-20(32-21)16-7-9-28(10-8-16)23(30)31-24(2,3)4/h5-6,11-14,16H,7-10H2,1-4H3. The van der Waals surface area contributed by atoms with Gasteiger partial charge in [-0.15, -0.1) is 11.3 Å². The summed E-state index contributed by atoms with van der Waals surface area (Å²) in [5.41, 5.74) is 4.23. The van der Waals surface area contributed by atoms with Crippen molar-refractivity contribution in [2.45, 2.75) is 52.1 Å². The first-order chi connectivity index (χ1) is 15.2. The molecule has 0 spiro atoms. The third-order valence-corrected chi connectivity index (χ3v) is 6.91. The van der Waals surface area contributed by atoms with Crippen LogP contribution in [0.3, 0.4) is 0 Å². The van der Waals surface area contributed by atoms with Crippen LogP contribution in [0.15, 0.2) is 36.7 Å². The molecule has 0 aromatic carbocycles. The molecule has 32 heavy (non-hydrogen) atoms. The smallest absolute Gasteiger partial charge is 0.410 e. The number of aromatic nitrogens is 4. The van der Waals surface area contributed by atoms with E-state index in [1.165, 1.54) is 4.88 Å². The second-order valence-electron chi connectivity index (χ2n) is 9.40. The number of imidazole rings is 1. The van der Waals surface area contributed by atoms with Gasteiger partial charge in [0.1, 0.15) is 5.60 Å². The number of nitrogens with zero attached hydrogens (tertiary/aromatic N) is 5. The van der Waals surface area contributed by atoms with Crippen molar-refractivity contribution in [3.63, 3.8) is 0 Å². The average molecular weight is 450 g/mol. The number of rotatable bonds is 2. The fraction of sp³-hybridized carbons (Fsp3) is 0.417. The first kappa shape index (κ1) is 20.9. The fourth-order valence-electron chi connectivity index (χ4n) is 4.11. The number of hydrogen-bond acceptors (Lipinski definition) is 6. The molecule has 4 aromatic rings. The maximum atomic E-state index is 12.3. The summed E-state index contributed by atoms with van der Waals surface area (Å²) in [6.07, 6.45) is 5.49. The number of hydrogen-bond donors (Lipinski definition) is 0. The molecule has 1 amide bonds. The van der Waals surface area contributed by atoms with Crippen LogP contribution in [0.4, 0.5) is 4.79 Å². The van der Waals surface area contributed by atoms with Gasteiger partial charge in [0.25, 0.3) is 0 Å². The van der Waals surface area contributed by atoms with Gasteiger partial charge in [0.2, 0.25) is 0 Å². The Morgan fingerprint density at radius 1 is 1.19 bits per heavy atom. The van der Waals surface area contributed by atoms with Crippen molar-refractivity contribution in [2.75, 3.05) is 13.1 Å². The molecular weight excluding hydrogens is 422 g/mol. The predicted octanol–water partition coefficient (Wildman–Crippen LogP) is 5.43. The fourth-order valence-corrected chi connectivity index (χ4v) is 5.33. The van der Waals surface area contributed by atoms with Crippen molar-refractivity contribution < 1.29 is 9.53 Å². The van der Waals surface area contributed by atoms with Crippen LogP contribution in [0.5, 0.6) is 0 Å². The van der Waals surface area contributed by atoms with Crippen LogP contribution in [-0.4, -0.2) is 49.3 Å². The number of ether oxygens (including phenoxy) is 1. The number of carbonyl (C=O) groups is 1. The predicted molar refractivity (Wildman–Crippen MR) is 126 cm³/mol. The molecule has 7 nitrogen and oxygen atoms in total. The third kappa shape index (κ3) is 4.19. The van der Waals surface area contributed by atoms with Gasteiger partial charge in [0.05, 0.1) is 27.8 Å². The third-order valence-electron chi connectivity index (χ3n) is 5.67. The molecule has 5 rings (SSSR count). The van der Waals surface area contributed by atoms with E-state index in [-0.39, 0.29) is 6.09 Å². The lowest BCUT2D eigenvalue weighted by molar-refractivity contribution is 0.0205. The number of fused-ring (bicyclic) bond motifs is 2. The van der Waals surface area contributed by atoms with E-state index in [1.54, 1.807) is 11.3 Å². The highest BCUT2D eigenvalue weighted by Gasteiger charge is 2.28. The highest BCUT2D eigenvalue weighted by Crippen LogP contribution is 2.37. The Morgan fingerprint density at radius 3 is 2.72 bits per heavy atom. The molecule has 4 aromatic heterocycles. The van der Waals surface area contributed by atoms with E-state index in [2.05, 4.69) is 22.2 Å². The van der Waals surface area contributed by atoms with E-state index in [0.717, 1.165) is 58.7 Å². The summed E-state index contributed by atoms with van der Waals surface area (Å²) < 4.78 is 8.49. The zero-order valence-corrected chi connectivity index (χ0v) is 19.6. The summed E-state index contributed by atoms with van der Waals surface area (Å²) in [6.45, 7) is 9.12. The number of pyridine rings is 1. The van der Waals surface area contributed by atoms with Gasteiger partial charge >= 0.3 is 6.09 Å². The van der Waals surface area contributed by atoms with Gasteiger partial charge in [-0.3, -0.25) is 4.98 Å². The molecule has 1 aliphatic heterocycles. The molecular formula is C24H27N5O2S.